The van der Waals surface area contributed by atoms with E-state index in [4.69, 9.17) is 0 Å². The fourth-order valence-electron chi connectivity index (χ4n) is 0.241. The third-order valence-electron chi connectivity index (χ3n) is 0.553. The second-order valence-electron chi connectivity index (χ2n) is 1.29. The molecule has 0 heterocycles. The van der Waals surface area contributed by atoms with Gasteiger partial charge in [-0.3, -0.25) is 4.74 Å². The van der Waals surface area contributed by atoms with E-state index in [9.17, 15) is 13.2 Å². The van der Waals surface area contributed by atoms with Gasteiger partial charge in [0.05, 0.1) is 13.2 Å². The second kappa shape index (κ2) is 3.68. The molecule has 0 fully saturated rings. The van der Waals surface area contributed by atoms with Crippen molar-refractivity contribution in [3.63, 3.8) is 0 Å². The largest absolute Gasteiger partial charge is 0.522 e. The van der Waals surface area contributed by atoms with Crippen LogP contribution in [0, 0.1) is 0 Å². The van der Waals surface area contributed by atoms with Gasteiger partial charge in [0.15, 0.2) is 0 Å². The minimum atomic E-state index is -4.53. The standard InChI is InChI=1S/C4H7F3O2/c1-8-2-3-9-4(5,6)7/h2-3H2,1H3. The van der Waals surface area contributed by atoms with Crippen LogP contribution in [0.1, 0.15) is 0 Å². The molecule has 0 aromatic carbocycles. The summed E-state index contributed by atoms with van der Waals surface area (Å²) in [5.74, 6) is 0. The molecule has 5 heteroatoms. The Kier molecular flexibility index (Phi) is 3.56. The first kappa shape index (κ1) is 8.71. The Hall–Kier alpha value is -0.290. The van der Waals surface area contributed by atoms with Crippen molar-refractivity contribution in [2.75, 3.05) is 20.3 Å². The molecule has 0 aromatic rings. The zero-order chi connectivity index (χ0) is 7.33. The van der Waals surface area contributed by atoms with Crippen molar-refractivity contribution >= 4 is 0 Å². The van der Waals surface area contributed by atoms with E-state index in [1.807, 2.05) is 0 Å². The minimum Gasteiger partial charge on any atom is -0.382 e. The number of hydrogen-bond acceptors (Lipinski definition) is 2. The first-order chi connectivity index (χ1) is 4.06. The number of halogens is 3. The second-order valence-corrected chi connectivity index (χ2v) is 1.29. The first-order valence-electron chi connectivity index (χ1n) is 2.26. The fraction of sp³-hybridized carbons (Fsp3) is 1.00. The van der Waals surface area contributed by atoms with Gasteiger partial charge in [0.2, 0.25) is 0 Å². The maximum atomic E-state index is 11.1. The van der Waals surface area contributed by atoms with E-state index in [-0.39, 0.29) is 6.61 Å². The van der Waals surface area contributed by atoms with Crippen LogP contribution in [-0.2, 0) is 9.47 Å². The molecule has 0 unspecified atom stereocenters. The van der Waals surface area contributed by atoms with E-state index in [0.717, 1.165) is 0 Å². The normalized spacial score (nSPS) is 12.0. The van der Waals surface area contributed by atoms with Crippen molar-refractivity contribution in [3.05, 3.63) is 0 Å². The summed E-state index contributed by atoms with van der Waals surface area (Å²) in [6.07, 6.45) is -4.53. The lowest BCUT2D eigenvalue weighted by molar-refractivity contribution is -0.326. The highest BCUT2D eigenvalue weighted by atomic mass is 19.4. The molecule has 0 aliphatic carbocycles. The van der Waals surface area contributed by atoms with Crippen molar-refractivity contribution in [1.82, 2.24) is 0 Å². The van der Waals surface area contributed by atoms with Crippen LogP contribution in [0.5, 0.6) is 0 Å². The van der Waals surface area contributed by atoms with E-state index < -0.39 is 13.0 Å². The topological polar surface area (TPSA) is 18.5 Å². The SMILES string of the molecule is COCCOC(F)(F)F. The van der Waals surface area contributed by atoms with Crippen LogP contribution in [0.4, 0.5) is 13.2 Å². The lowest BCUT2D eigenvalue weighted by Crippen LogP contribution is -2.16. The number of alkyl halides is 3. The molecule has 9 heavy (non-hydrogen) atoms. The average molecular weight is 144 g/mol. The molecule has 56 valence electrons. The zero-order valence-electron chi connectivity index (χ0n) is 4.86. The Morgan fingerprint density at radius 2 is 1.78 bits per heavy atom. The van der Waals surface area contributed by atoms with Crippen LogP contribution >= 0.6 is 0 Å². The van der Waals surface area contributed by atoms with Gasteiger partial charge in [-0.25, -0.2) is 0 Å². The van der Waals surface area contributed by atoms with Crippen LogP contribution in [0.25, 0.3) is 0 Å². The van der Waals surface area contributed by atoms with Crippen molar-refractivity contribution in [1.29, 1.82) is 0 Å². The smallest absolute Gasteiger partial charge is 0.382 e. The van der Waals surface area contributed by atoms with Crippen LogP contribution in [0.2, 0.25) is 0 Å². The summed E-state index contributed by atoms with van der Waals surface area (Å²) in [5, 5.41) is 0. The molecule has 0 bridgehead atoms. The van der Waals surface area contributed by atoms with Crippen LogP contribution in [-0.4, -0.2) is 26.7 Å². The van der Waals surface area contributed by atoms with Gasteiger partial charge in [0, 0.05) is 7.11 Å². The summed E-state index contributed by atoms with van der Waals surface area (Å²) in [5.41, 5.74) is 0. The molecule has 0 aliphatic heterocycles. The Morgan fingerprint density at radius 1 is 1.22 bits per heavy atom. The first-order valence-corrected chi connectivity index (χ1v) is 2.26. The third-order valence-corrected chi connectivity index (χ3v) is 0.553. The predicted molar refractivity (Wildman–Crippen MR) is 23.9 cm³/mol. The van der Waals surface area contributed by atoms with Gasteiger partial charge in [-0.2, -0.15) is 0 Å². The molecule has 0 atom stereocenters. The molecule has 0 radical (unpaired) electrons. The summed E-state index contributed by atoms with van der Waals surface area (Å²) in [4.78, 5) is 0. The maximum Gasteiger partial charge on any atom is 0.522 e. The summed E-state index contributed by atoms with van der Waals surface area (Å²) in [7, 11) is 1.31. The molecule has 0 spiro atoms. The zero-order valence-corrected chi connectivity index (χ0v) is 4.86. The van der Waals surface area contributed by atoms with Gasteiger partial charge in [-0.05, 0) is 0 Å². The van der Waals surface area contributed by atoms with Gasteiger partial charge >= 0.3 is 6.36 Å². The van der Waals surface area contributed by atoms with Gasteiger partial charge in [0.25, 0.3) is 0 Å². The third kappa shape index (κ3) is 7.71. The molecule has 0 saturated carbocycles. The Balaban J connectivity index is 3.07. The van der Waals surface area contributed by atoms with E-state index in [2.05, 4.69) is 9.47 Å². The molecular formula is C4H7F3O2. The maximum absolute atomic E-state index is 11.1. The quantitative estimate of drug-likeness (QED) is 0.553. The number of hydrogen-bond donors (Lipinski definition) is 0. The minimum absolute atomic E-state index is 0.0422. The highest BCUT2D eigenvalue weighted by Gasteiger charge is 2.28. The molecule has 2 nitrogen and oxygen atoms in total. The molecule has 0 rings (SSSR count). The van der Waals surface area contributed by atoms with E-state index in [1.165, 1.54) is 7.11 Å². The molecule has 0 aliphatic rings. The highest BCUT2D eigenvalue weighted by molar-refractivity contribution is 4.29. The lowest BCUT2D eigenvalue weighted by Gasteiger charge is -2.04. The van der Waals surface area contributed by atoms with E-state index in [1.54, 1.807) is 0 Å². The Morgan fingerprint density at radius 3 is 2.11 bits per heavy atom. The summed E-state index contributed by atoms with van der Waals surface area (Å²) >= 11 is 0. The van der Waals surface area contributed by atoms with Gasteiger partial charge < -0.3 is 4.74 Å². The lowest BCUT2D eigenvalue weighted by atomic mass is 10.8. The molecular weight excluding hydrogens is 137 g/mol. The van der Waals surface area contributed by atoms with E-state index >= 15 is 0 Å². The van der Waals surface area contributed by atoms with Crippen LogP contribution < -0.4 is 0 Å². The van der Waals surface area contributed by atoms with Crippen molar-refractivity contribution in [2.24, 2.45) is 0 Å². The molecule has 0 saturated heterocycles. The number of methoxy groups -OCH3 is 1. The van der Waals surface area contributed by atoms with Gasteiger partial charge in [-0.15, -0.1) is 13.2 Å². The summed E-state index contributed by atoms with van der Waals surface area (Å²) in [6.45, 7) is -0.487. The molecule has 0 aromatic heterocycles. The summed E-state index contributed by atoms with van der Waals surface area (Å²) in [6, 6.07) is 0. The monoisotopic (exact) mass is 144 g/mol. The molecule has 0 amide bonds. The Labute approximate surface area is 50.6 Å². The van der Waals surface area contributed by atoms with Gasteiger partial charge in [0.1, 0.15) is 0 Å². The number of rotatable bonds is 3. The number of ether oxygens (including phenoxy) is 2. The van der Waals surface area contributed by atoms with Crippen LogP contribution in [0.3, 0.4) is 0 Å². The van der Waals surface area contributed by atoms with Crippen molar-refractivity contribution in [3.8, 4) is 0 Å². The summed E-state index contributed by atoms with van der Waals surface area (Å²) < 4.78 is 41.0. The van der Waals surface area contributed by atoms with Crippen LogP contribution in [0.15, 0.2) is 0 Å². The predicted octanol–water partition coefficient (Wildman–Crippen LogP) is 1.17. The fourth-order valence-corrected chi connectivity index (χ4v) is 0.241. The Bertz CT molecular complexity index is 70.7. The van der Waals surface area contributed by atoms with E-state index in [0.29, 0.717) is 0 Å². The van der Waals surface area contributed by atoms with Crippen molar-refractivity contribution in [2.45, 2.75) is 6.36 Å². The van der Waals surface area contributed by atoms with Crippen molar-refractivity contribution < 1.29 is 22.6 Å². The highest BCUT2D eigenvalue weighted by Crippen LogP contribution is 2.15. The average Bonchev–Trinajstić information content (AvgIpc) is 1.63. The van der Waals surface area contributed by atoms with Gasteiger partial charge in [-0.1, -0.05) is 0 Å². The molecule has 0 N–H and O–H groups in total.